The molecule has 1 aromatic heterocycles. The predicted molar refractivity (Wildman–Crippen MR) is 118 cm³/mol. The first-order valence-corrected chi connectivity index (χ1v) is 10.1. The Morgan fingerprint density at radius 3 is 1.86 bits per heavy atom. The minimum absolute atomic E-state index is 0.202. The third-order valence-electron chi connectivity index (χ3n) is 4.39. The molecule has 0 unspecified atom stereocenters. The third-order valence-corrected chi connectivity index (χ3v) is 4.76. The Bertz CT molecular complexity index is 1210. The van der Waals surface area contributed by atoms with E-state index < -0.39 is 0 Å². The largest absolute Gasteiger partial charge is 0.305 e. The fourth-order valence-electron chi connectivity index (χ4n) is 2.92. The van der Waals surface area contributed by atoms with Gasteiger partial charge in [-0.15, -0.1) is 0 Å². The van der Waals surface area contributed by atoms with E-state index in [-0.39, 0.29) is 11.1 Å². The minimum Gasteiger partial charge on any atom is -0.305 e. The quantitative estimate of drug-likeness (QED) is 0.454. The van der Waals surface area contributed by atoms with Crippen LogP contribution in [0.1, 0.15) is 11.1 Å². The van der Waals surface area contributed by atoms with E-state index in [2.05, 4.69) is 15.9 Å². The molecule has 3 rings (SSSR count). The topological polar surface area (TPSA) is 44.0 Å². The van der Waals surface area contributed by atoms with Gasteiger partial charge in [-0.05, 0) is 23.3 Å². The van der Waals surface area contributed by atoms with Crippen LogP contribution in [0.3, 0.4) is 0 Å². The lowest BCUT2D eigenvalue weighted by Crippen LogP contribution is -2.57. The molecule has 4 nitrogen and oxygen atoms in total. The van der Waals surface area contributed by atoms with Gasteiger partial charge >= 0.3 is 0 Å². The van der Waals surface area contributed by atoms with Crippen LogP contribution in [0.5, 0.6) is 0 Å². The monoisotopic (exact) mass is 436 g/mol. The van der Waals surface area contributed by atoms with Gasteiger partial charge < -0.3 is 4.57 Å². The van der Waals surface area contributed by atoms with E-state index in [1.807, 2.05) is 72.8 Å². The molecular weight excluding hydrogens is 416 g/mol. The Morgan fingerprint density at radius 2 is 1.32 bits per heavy atom. The average molecular weight is 437 g/mol. The number of allylic oxidation sites excluding steroid dienone is 2. The molecule has 0 aliphatic heterocycles. The molecule has 142 valence electrons. The molecule has 1 heterocycles. The standard InChI is InChI=1S/C23H21BrN2O2/c1-25-20(16-18-10-4-2-5-11-18)23(28)26(15-9-8-14-24)21(22(25)27)17-19-12-6-3-7-13-19/h2-13,16-17H,14-15H2,1H3/b9-8?,20-16-,21-17-. The van der Waals surface area contributed by atoms with Crippen LogP contribution >= 0.6 is 15.9 Å². The molecule has 0 saturated heterocycles. The van der Waals surface area contributed by atoms with Crippen LogP contribution < -0.4 is 21.8 Å². The Labute approximate surface area is 171 Å². The van der Waals surface area contributed by atoms with Crippen LogP contribution in [0, 0.1) is 0 Å². The van der Waals surface area contributed by atoms with E-state index in [1.54, 1.807) is 19.2 Å². The van der Waals surface area contributed by atoms with E-state index in [1.165, 1.54) is 9.13 Å². The van der Waals surface area contributed by atoms with Crippen molar-refractivity contribution in [2.24, 2.45) is 7.05 Å². The van der Waals surface area contributed by atoms with Crippen molar-refractivity contribution in [2.45, 2.75) is 6.54 Å². The molecular formula is C23H21BrN2O2. The van der Waals surface area contributed by atoms with E-state index in [0.717, 1.165) is 11.1 Å². The number of benzene rings is 2. The van der Waals surface area contributed by atoms with Crippen molar-refractivity contribution in [2.75, 3.05) is 5.33 Å². The summed E-state index contributed by atoms with van der Waals surface area (Å²) in [6, 6.07) is 19.1. The van der Waals surface area contributed by atoms with Gasteiger partial charge in [-0.25, -0.2) is 0 Å². The van der Waals surface area contributed by atoms with Gasteiger partial charge in [-0.2, -0.15) is 0 Å². The van der Waals surface area contributed by atoms with Gasteiger partial charge in [0.05, 0.1) is 0 Å². The maximum absolute atomic E-state index is 13.3. The molecule has 0 bridgehead atoms. The van der Waals surface area contributed by atoms with E-state index in [4.69, 9.17) is 0 Å². The normalized spacial score (nSPS) is 12.8. The molecule has 0 N–H and O–H groups in total. The lowest BCUT2D eigenvalue weighted by Gasteiger charge is -2.08. The summed E-state index contributed by atoms with van der Waals surface area (Å²) in [7, 11) is 1.64. The van der Waals surface area contributed by atoms with Crippen molar-refractivity contribution in [1.82, 2.24) is 9.13 Å². The molecule has 0 fully saturated rings. The third kappa shape index (κ3) is 4.49. The summed E-state index contributed by atoms with van der Waals surface area (Å²) in [5.41, 5.74) is 1.33. The predicted octanol–water partition coefficient (Wildman–Crippen LogP) is 2.16. The first kappa shape index (κ1) is 19.8. The Morgan fingerprint density at radius 1 is 0.786 bits per heavy atom. The van der Waals surface area contributed by atoms with Gasteiger partial charge in [0.1, 0.15) is 10.7 Å². The van der Waals surface area contributed by atoms with Gasteiger partial charge in [-0.3, -0.25) is 14.2 Å². The van der Waals surface area contributed by atoms with Gasteiger partial charge in [0, 0.05) is 18.9 Å². The molecule has 3 aromatic rings. The van der Waals surface area contributed by atoms with Crippen molar-refractivity contribution in [3.63, 3.8) is 0 Å². The zero-order valence-corrected chi connectivity index (χ0v) is 17.2. The molecule has 0 atom stereocenters. The van der Waals surface area contributed by atoms with Gasteiger partial charge in [0.15, 0.2) is 0 Å². The van der Waals surface area contributed by atoms with Crippen LogP contribution in [-0.2, 0) is 13.6 Å². The Hall–Kier alpha value is -2.92. The summed E-state index contributed by atoms with van der Waals surface area (Å²) < 4.78 is 2.96. The van der Waals surface area contributed by atoms with Crippen molar-refractivity contribution < 1.29 is 0 Å². The van der Waals surface area contributed by atoms with Crippen molar-refractivity contribution in [1.29, 1.82) is 0 Å². The lowest BCUT2D eigenvalue weighted by atomic mass is 10.2. The zero-order valence-electron chi connectivity index (χ0n) is 15.6. The Kier molecular flexibility index (Phi) is 6.61. The van der Waals surface area contributed by atoms with E-state index in [0.29, 0.717) is 22.6 Å². The number of halogens is 1. The maximum atomic E-state index is 13.3. The van der Waals surface area contributed by atoms with Crippen LogP contribution in [-0.4, -0.2) is 14.5 Å². The van der Waals surface area contributed by atoms with Gasteiger partial charge in [0.2, 0.25) is 0 Å². The first-order valence-electron chi connectivity index (χ1n) is 8.96. The fraction of sp³-hybridized carbons (Fsp3) is 0.130. The SMILES string of the molecule is Cn1c(=O)/c(=C/c2ccccc2)n(CC=CCBr)c(=O)/c1=C/c1ccccc1. The number of hydrogen-bond acceptors (Lipinski definition) is 2. The zero-order chi connectivity index (χ0) is 19.9. The number of hydrogen-bond donors (Lipinski definition) is 0. The number of aromatic nitrogens is 2. The molecule has 0 aliphatic rings. The smallest absolute Gasteiger partial charge is 0.275 e. The van der Waals surface area contributed by atoms with Gasteiger partial charge in [0.25, 0.3) is 11.1 Å². The van der Waals surface area contributed by atoms with Crippen LogP contribution in [0.25, 0.3) is 12.2 Å². The van der Waals surface area contributed by atoms with Crippen LogP contribution in [0.15, 0.2) is 82.4 Å². The second-order valence-corrected chi connectivity index (χ2v) is 6.93. The first-order chi connectivity index (χ1) is 13.6. The molecule has 0 amide bonds. The Balaban J connectivity index is 2.34. The molecule has 0 spiro atoms. The number of alkyl halides is 1. The molecule has 0 saturated carbocycles. The van der Waals surface area contributed by atoms with Crippen LogP contribution in [0.4, 0.5) is 0 Å². The average Bonchev–Trinajstić information content (AvgIpc) is 2.73. The number of nitrogens with zero attached hydrogens (tertiary/aromatic N) is 2. The second-order valence-electron chi connectivity index (χ2n) is 6.29. The van der Waals surface area contributed by atoms with Gasteiger partial charge in [-0.1, -0.05) is 88.7 Å². The summed E-state index contributed by atoms with van der Waals surface area (Å²) in [4.78, 5) is 26.4. The second kappa shape index (κ2) is 9.33. The summed E-state index contributed by atoms with van der Waals surface area (Å²) >= 11 is 3.34. The van der Waals surface area contributed by atoms with E-state index >= 15 is 0 Å². The number of rotatable bonds is 5. The highest BCUT2D eigenvalue weighted by Crippen LogP contribution is 1.99. The summed E-state index contributed by atoms with van der Waals surface area (Å²) in [5.74, 6) is 0. The van der Waals surface area contributed by atoms with Crippen molar-refractivity contribution in [3.8, 4) is 0 Å². The molecule has 2 aromatic carbocycles. The molecule has 28 heavy (non-hydrogen) atoms. The molecule has 0 aliphatic carbocycles. The van der Waals surface area contributed by atoms with E-state index in [9.17, 15) is 9.59 Å². The minimum atomic E-state index is -0.210. The van der Waals surface area contributed by atoms with Crippen molar-refractivity contribution in [3.05, 3.63) is 115 Å². The maximum Gasteiger partial charge on any atom is 0.275 e. The summed E-state index contributed by atoms with van der Waals surface area (Å²) in [6.07, 6.45) is 7.31. The summed E-state index contributed by atoms with van der Waals surface area (Å²) in [6.45, 7) is 0.328. The summed E-state index contributed by atoms with van der Waals surface area (Å²) in [5, 5.41) is 1.41. The highest BCUT2D eigenvalue weighted by Gasteiger charge is 2.08. The van der Waals surface area contributed by atoms with Crippen molar-refractivity contribution >= 4 is 28.1 Å². The fourth-order valence-corrected chi connectivity index (χ4v) is 3.19. The highest BCUT2D eigenvalue weighted by molar-refractivity contribution is 9.09. The highest BCUT2D eigenvalue weighted by atomic mass is 79.9. The molecule has 0 radical (unpaired) electrons. The van der Waals surface area contributed by atoms with Crippen LogP contribution in [0.2, 0.25) is 0 Å². The lowest BCUT2D eigenvalue weighted by molar-refractivity contribution is 0.663. The molecule has 5 heteroatoms.